The fraction of sp³-hybridized carbons (Fsp3) is 0.300. The van der Waals surface area contributed by atoms with Crippen molar-refractivity contribution in [2.45, 2.75) is 17.7 Å². The number of nitrogens with zero attached hydrogens (tertiary/aromatic N) is 1. The van der Waals surface area contributed by atoms with Gasteiger partial charge in [0.1, 0.15) is 5.82 Å². The van der Waals surface area contributed by atoms with Crippen LogP contribution in [0.5, 0.6) is 0 Å². The van der Waals surface area contributed by atoms with Gasteiger partial charge in [-0.25, -0.2) is 21.9 Å². The third kappa shape index (κ3) is 6.37. The second kappa shape index (κ2) is 10.1. The summed E-state index contributed by atoms with van der Waals surface area (Å²) in [6, 6.07) is 12.6. The highest BCUT2D eigenvalue weighted by Gasteiger charge is 2.22. The van der Waals surface area contributed by atoms with Gasteiger partial charge < -0.3 is 10.1 Å². The lowest BCUT2D eigenvalue weighted by Gasteiger charge is -2.12. The summed E-state index contributed by atoms with van der Waals surface area (Å²) >= 11 is 0. The molecule has 0 aliphatic heterocycles. The van der Waals surface area contributed by atoms with E-state index in [9.17, 15) is 22.4 Å². The van der Waals surface area contributed by atoms with Crippen molar-refractivity contribution in [2.24, 2.45) is 0 Å². The zero-order valence-corrected chi connectivity index (χ0v) is 17.0. The Morgan fingerprint density at radius 2 is 1.79 bits per heavy atom. The minimum Gasteiger partial charge on any atom is -0.452 e. The molecule has 1 N–H and O–H groups in total. The fourth-order valence-electron chi connectivity index (χ4n) is 2.46. The van der Waals surface area contributed by atoms with Crippen LogP contribution in [0.2, 0.25) is 0 Å². The molecule has 2 rings (SSSR count). The molecule has 0 saturated carbocycles. The van der Waals surface area contributed by atoms with E-state index in [-0.39, 0.29) is 4.90 Å². The molecule has 0 unspecified atom stereocenters. The fourth-order valence-corrected chi connectivity index (χ4v) is 3.39. The number of ether oxygens (including phenoxy) is 1. The van der Waals surface area contributed by atoms with E-state index >= 15 is 0 Å². The average molecular weight is 422 g/mol. The highest BCUT2D eigenvalue weighted by Crippen LogP contribution is 2.18. The van der Waals surface area contributed by atoms with Crippen LogP contribution < -0.4 is 5.32 Å². The van der Waals surface area contributed by atoms with E-state index < -0.39 is 39.9 Å². The number of aryl methyl sites for hydroxylation is 1. The van der Waals surface area contributed by atoms with E-state index in [1.54, 1.807) is 0 Å². The maximum absolute atomic E-state index is 13.9. The summed E-state index contributed by atoms with van der Waals surface area (Å²) in [5, 5.41) is 2.61. The molecule has 9 heteroatoms. The predicted molar refractivity (Wildman–Crippen MR) is 105 cm³/mol. The Morgan fingerprint density at radius 1 is 1.10 bits per heavy atom. The number of sulfonamides is 1. The normalized spacial score (nSPS) is 11.3. The van der Waals surface area contributed by atoms with Crippen LogP contribution in [0.4, 0.5) is 4.39 Å². The van der Waals surface area contributed by atoms with Gasteiger partial charge in [0.25, 0.3) is 5.91 Å². The molecule has 0 aliphatic rings. The highest BCUT2D eigenvalue weighted by atomic mass is 32.2. The molecule has 29 heavy (non-hydrogen) atoms. The molecule has 0 saturated heterocycles. The molecule has 0 heterocycles. The summed E-state index contributed by atoms with van der Waals surface area (Å²) in [5.74, 6) is -2.57. The van der Waals surface area contributed by atoms with Crippen molar-refractivity contribution >= 4 is 21.9 Å². The van der Waals surface area contributed by atoms with Crippen LogP contribution in [-0.2, 0) is 26.0 Å². The van der Waals surface area contributed by atoms with Crippen molar-refractivity contribution in [1.82, 2.24) is 9.62 Å². The first-order valence-corrected chi connectivity index (χ1v) is 10.4. The second-order valence-corrected chi connectivity index (χ2v) is 8.60. The zero-order chi connectivity index (χ0) is 21.4. The Hall–Kier alpha value is -2.78. The largest absolute Gasteiger partial charge is 0.452 e. The molecule has 0 fully saturated rings. The van der Waals surface area contributed by atoms with E-state index in [2.05, 4.69) is 5.32 Å². The molecule has 2 aromatic rings. The number of amides is 1. The number of benzene rings is 2. The maximum Gasteiger partial charge on any atom is 0.341 e. The van der Waals surface area contributed by atoms with Crippen molar-refractivity contribution in [3.05, 3.63) is 65.5 Å². The zero-order valence-electron chi connectivity index (χ0n) is 16.2. The molecule has 7 nitrogen and oxygen atoms in total. The molecular weight excluding hydrogens is 399 g/mol. The molecule has 0 atom stereocenters. The van der Waals surface area contributed by atoms with Gasteiger partial charge >= 0.3 is 5.97 Å². The van der Waals surface area contributed by atoms with Crippen molar-refractivity contribution in [1.29, 1.82) is 0 Å². The molecule has 1 amide bonds. The molecule has 0 spiro atoms. The van der Waals surface area contributed by atoms with Crippen LogP contribution in [0.15, 0.2) is 53.4 Å². The van der Waals surface area contributed by atoms with Crippen molar-refractivity contribution in [3.63, 3.8) is 0 Å². The summed E-state index contributed by atoms with van der Waals surface area (Å²) in [5.41, 5.74) is 0.598. The number of carbonyl (C=O) groups is 2. The Bertz CT molecular complexity index is 962. The van der Waals surface area contributed by atoms with Gasteiger partial charge in [0.05, 0.1) is 10.5 Å². The van der Waals surface area contributed by atoms with Gasteiger partial charge in [0, 0.05) is 20.6 Å². The monoisotopic (exact) mass is 422 g/mol. The topological polar surface area (TPSA) is 92.8 Å². The summed E-state index contributed by atoms with van der Waals surface area (Å²) in [4.78, 5) is 23.6. The quantitative estimate of drug-likeness (QED) is 0.493. The molecule has 2 aromatic carbocycles. The van der Waals surface area contributed by atoms with Crippen LogP contribution in [-0.4, -0.2) is 51.8 Å². The average Bonchev–Trinajstić information content (AvgIpc) is 2.70. The number of halogens is 1. The molecule has 156 valence electrons. The van der Waals surface area contributed by atoms with Crippen molar-refractivity contribution < 1.29 is 27.1 Å². The first-order valence-electron chi connectivity index (χ1n) is 8.91. The molecule has 0 aliphatic carbocycles. The van der Waals surface area contributed by atoms with Gasteiger partial charge in [-0.05, 0) is 36.6 Å². The number of carbonyl (C=O) groups excluding carboxylic acids is 2. The number of rotatable bonds is 9. The SMILES string of the molecule is CN(C)S(=O)(=O)c1ccc(F)c(C(=O)OCC(=O)NCCCc2ccccc2)c1. The Labute approximate surface area is 169 Å². The standard InChI is InChI=1S/C20H23FN2O5S/c1-23(2)29(26,27)16-10-11-18(21)17(13-16)20(25)28-14-19(24)22-12-6-9-15-7-4-3-5-8-15/h3-5,7-8,10-11,13H,6,9,12,14H2,1-2H3,(H,22,24). The van der Waals surface area contributed by atoms with Crippen LogP contribution in [0.25, 0.3) is 0 Å². The van der Waals surface area contributed by atoms with Crippen LogP contribution in [0.1, 0.15) is 22.3 Å². The first kappa shape index (κ1) is 22.5. The van der Waals surface area contributed by atoms with Crippen molar-refractivity contribution in [3.8, 4) is 0 Å². The molecular formula is C20H23FN2O5S. The summed E-state index contributed by atoms with van der Waals surface area (Å²) < 4.78 is 43.9. The smallest absolute Gasteiger partial charge is 0.341 e. The van der Waals surface area contributed by atoms with E-state index in [1.807, 2.05) is 30.3 Å². The lowest BCUT2D eigenvalue weighted by Crippen LogP contribution is -2.30. The van der Waals surface area contributed by atoms with E-state index in [0.29, 0.717) is 13.0 Å². The summed E-state index contributed by atoms with van der Waals surface area (Å²) in [6.07, 6.45) is 1.50. The minimum absolute atomic E-state index is 0.249. The number of hydrogen-bond donors (Lipinski definition) is 1. The number of esters is 1. The van der Waals surface area contributed by atoms with Crippen molar-refractivity contribution in [2.75, 3.05) is 27.2 Å². The van der Waals surface area contributed by atoms with Gasteiger partial charge in [0.2, 0.25) is 10.0 Å². The molecule has 0 bridgehead atoms. The van der Waals surface area contributed by atoms with Gasteiger partial charge in [-0.1, -0.05) is 30.3 Å². The lowest BCUT2D eigenvalue weighted by atomic mass is 10.1. The number of nitrogens with one attached hydrogen (secondary N) is 1. The van der Waals surface area contributed by atoms with Crippen LogP contribution in [0, 0.1) is 5.82 Å². The number of hydrogen-bond acceptors (Lipinski definition) is 5. The lowest BCUT2D eigenvalue weighted by molar-refractivity contribution is -0.124. The van der Waals surface area contributed by atoms with E-state index in [1.165, 1.54) is 14.1 Å². The summed E-state index contributed by atoms with van der Waals surface area (Å²) in [6.45, 7) is -0.190. The maximum atomic E-state index is 13.9. The predicted octanol–water partition coefficient (Wildman–Crippen LogP) is 1.98. The second-order valence-electron chi connectivity index (χ2n) is 6.44. The third-order valence-electron chi connectivity index (χ3n) is 4.08. The molecule has 0 radical (unpaired) electrons. The third-order valence-corrected chi connectivity index (χ3v) is 5.89. The Morgan fingerprint density at radius 3 is 2.45 bits per heavy atom. The van der Waals surface area contributed by atoms with Gasteiger partial charge in [-0.2, -0.15) is 0 Å². The van der Waals surface area contributed by atoms with Gasteiger partial charge in [0.15, 0.2) is 6.61 Å². The van der Waals surface area contributed by atoms with Gasteiger partial charge in [-0.3, -0.25) is 4.79 Å². The minimum atomic E-state index is -3.84. The van der Waals surface area contributed by atoms with E-state index in [4.69, 9.17) is 4.74 Å². The Balaban J connectivity index is 1.86. The first-order chi connectivity index (χ1) is 13.7. The van der Waals surface area contributed by atoms with Crippen LogP contribution >= 0.6 is 0 Å². The highest BCUT2D eigenvalue weighted by molar-refractivity contribution is 7.89. The molecule has 0 aromatic heterocycles. The van der Waals surface area contributed by atoms with Crippen LogP contribution in [0.3, 0.4) is 0 Å². The van der Waals surface area contributed by atoms with E-state index in [0.717, 1.165) is 34.5 Å². The van der Waals surface area contributed by atoms with Gasteiger partial charge in [-0.15, -0.1) is 0 Å². The Kier molecular flexibility index (Phi) is 7.86. The summed E-state index contributed by atoms with van der Waals surface area (Å²) in [7, 11) is -1.20.